The molecule has 1 aliphatic heterocycles. The predicted molar refractivity (Wildman–Crippen MR) is 169 cm³/mol. The number of ether oxygens (including phenoxy) is 3. The number of carbonyl (C=O) groups excluding carboxylic acids is 1. The molecule has 0 spiro atoms. The molecule has 0 radical (unpaired) electrons. The predicted octanol–water partition coefficient (Wildman–Crippen LogP) is 5.09. The minimum Gasteiger partial charge on any atom is -0.469 e. The summed E-state index contributed by atoms with van der Waals surface area (Å²) in [5.74, 6) is -0.000979. The number of fused-ring (bicyclic) bond motifs is 3. The van der Waals surface area contributed by atoms with Gasteiger partial charge in [0.1, 0.15) is 18.3 Å². The summed E-state index contributed by atoms with van der Waals surface area (Å²) in [6.45, 7) is 21.2. The fraction of sp³-hybridized carbons (Fsp3) is 0.806. The molecule has 0 aromatic carbocycles. The van der Waals surface area contributed by atoms with Gasteiger partial charge < -0.3 is 34.6 Å². The number of hydrogen-bond donors (Lipinski definition) is 4. The summed E-state index contributed by atoms with van der Waals surface area (Å²) < 4.78 is 17.6. The molecule has 0 aromatic rings. The van der Waals surface area contributed by atoms with Crippen molar-refractivity contribution in [1.29, 1.82) is 0 Å². The van der Waals surface area contributed by atoms with Gasteiger partial charge in [-0.3, -0.25) is 4.79 Å². The smallest absolute Gasteiger partial charge is 0.305 e. The van der Waals surface area contributed by atoms with Gasteiger partial charge in [-0.1, -0.05) is 57.2 Å². The molecule has 4 aliphatic rings. The maximum atomic E-state index is 12.5. The zero-order valence-electron chi connectivity index (χ0n) is 28.1. The molecule has 3 unspecified atom stereocenters. The molecule has 44 heavy (non-hydrogen) atoms. The fourth-order valence-corrected chi connectivity index (χ4v) is 10.3. The molecular formula is C36H58O8. The van der Waals surface area contributed by atoms with Crippen LogP contribution in [0.15, 0.2) is 36.5 Å². The summed E-state index contributed by atoms with van der Waals surface area (Å²) in [6, 6.07) is 0. The molecule has 250 valence electrons. The van der Waals surface area contributed by atoms with Crippen molar-refractivity contribution in [3.8, 4) is 0 Å². The monoisotopic (exact) mass is 618 g/mol. The topological polar surface area (TPSA) is 126 Å². The highest BCUT2D eigenvalue weighted by atomic mass is 16.7. The van der Waals surface area contributed by atoms with E-state index in [1.165, 1.54) is 7.11 Å². The standard InChI is InChI=1S/C36H58O8/c1-21(2)11-10-15-36(8,41)24-13-18-35(7)29(24)26(44-32-31(40)30(39)25(37)20-43-32)19-27-33(5,16-14-28(38)42-9)23(22(3)4)12-17-34(27,35)6/h10-11,23-27,29-32,37,39-41H,1,3,12-20H2,2,4-9H3/b11-10+/t23-,24?,25-,26+,27?,29?,30-,31+,32-,33-,34+,35+,36-/m0/s1. The van der Waals surface area contributed by atoms with Crippen LogP contribution in [0.3, 0.4) is 0 Å². The summed E-state index contributed by atoms with van der Waals surface area (Å²) in [7, 11) is 1.43. The van der Waals surface area contributed by atoms with Gasteiger partial charge in [-0.05, 0) is 106 Å². The molecule has 4 rings (SSSR count). The zero-order chi connectivity index (χ0) is 32.8. The number of carbonyl (C=O) groups is 1. The number of methoxy groups -OCH3 is 1. The lowest BCUT2D eigenvalue weighted by molar-refractivity contribution is -0.312. The first-order valence-electron chi connectivity index (χ1n) is 16.5. The van der Waals surface area contributed by atoms with E-state index < -0.39 is 36.3 Å². The van der Waals surface area contributed by atoms with Crippen LogP contribution < -0.4 is 0 Å². The van der Waals surface area contributed by atoms with Crippen molar-refractivity contribution in [2.45, 2.75) is 129 Å². The van der Waals surface area contributed by atoms with Gasteiger partial charge in [0.2, 0.25) is 0 Å². The maximum Gasteiger partial charge on any atom is 0.305 e. The Balaban J connectivity index is 1.79. The Kier molecular flexibility index (Phi) is 10.4. The second kappa shape index (κ2) is 12.9. The van der Waals surface area contributed by atoms with Gasteiger partial charge in [0.15, 0.2) is 6.29 Å². The molecule has 3 aliphatic carbocycles. The van der Waals surface area contributed by atoms with Gasteiger partial charge >= 0.3 is 5.97 Å². The molecule has 0 aromatic heterocycles. The number of allylic oxidation sites excluding steroid dienone is 3. The van der Waals surface area contributed by atoms with Crippen LogP contribution in [0.5, 0.6) is 0 Å². The molecule has 4 N–H and O–H groups in total. The van der Waals surface area contributed by atoms with Crippen LogP contribution in [-0.4, -0.2) is 76.4 Å². The van der Waals surface area contributed by atoms with Crippen LogP contribution >= 0.6 is 0 Å². The van der Waals surface area contributed by atoms with E-state index in [0.717, 1.165) is 36.8 Å². The van der Waals surface area contributed by atoms with E-state index in [0.29, 0.717) is 25.7 Å². The number of esters is 1. The van der Waals surface area contributed by atoms with Crippen molar-refractivity contribution >= 4 is 5.97 Å². The minimum absolute atomic E-state index is 0.0528. The normalized spacial score (nSPS) is 45.3. The highest BCUT2D eigenvalue weighted by molar-refractivity contribution is 5.69. The number of rotatable bonds is 10. The van der Waals surface area contributed by atoms with Gasteiger partial charge in [-0.25, -0.2) is 0 Å². The van der Waals surface area contributed by atoms with Crippen molar-refractivity contribution in [2.75, 3.05) is 13.7 Å². The number of hydrogen-bond acceptors (Lipinski definition) is 8. The molecule has 8 nitrogen and oxygen atoms in total. The molecule has 0 bridgehead atoms. The first-order valence-corrected chi connectivity index (χ1v) is 16.5. The van der Waals surface area contributed by atoms with E-state index in [1.807, 2.05) is 26.0 Å². The minimum atomic E-state index is -1.41. The third-order valence-corrected chi connectivity index (χ3v) is 12.8. The maximum absolute atomic E-state index is 12.5. The van der Waals surface area contributed by atoms with E-state index >= 15 is 0 Å². The van der Waals surface area contributed by atoms with Crippen LogP contribution in [0.1, 0.15) is 92.9 Å². The summed E-state index contributed by atoms with van der Waals surface area (Å²) >= 11 is 0. The third kappa shape index (κ3) is 6.12. The van der Waals surface area contributed by atoms with Crippen LogP contribution in [0, 0.1) is 39.9 Å². The van der Waals surface area contributed by atoms with Crippen molar-refractivity contribution in [3.05, 3.63) is 36.5 Å². The second-order valence-electron chi connectivity index (χ2n) is 15.5. The Morgan fingerprint density at radius 2 is 1.73 bits per heavy atom. The van der Waals surface area contributed by atoms with Gasteiger partial charge in [0.25, 0.3) is 0 Å². The Bertz CT molecular complexity index is 1120. The van der Waals surface area contributed by atoms with Crippen molar-refractivity contribution < 1.29 is 39.4 Å². The first kappa shape index (κ1) is 35.3. The third-order valence-electron chi connectivity index (χ3n) is 12.8. The Labute approximate surface area is 264 Å². The fourth-order valence-electron chi connectivity index (χ4n) is 10.3. The molecule has 1 saturated heterocycles. The Hall–Kier alpha value is -1.55. The lowest BCUT2D eigenvalue weighted by Gasteiger charge is -2.68. The summed E-state index contributed by atoms with van der Waals surface area (Å²) in [4.78, 5) is 12.5. The van der Waals surface area contributed by atoms with Gasteiger partial charge in [0, 0.05) is 6.42 Å². The highest BCUT2D eigenvalue weighted by Gasteiger charge is 2.70. The molecule has 8 heteroatoms. The summed E-state index contributed by atoms with van der Waals surface area (Å²) in [6.07, 6.45) is 4.28. The first-order chi connectivity index (χ1) is 20.4. The van der Waals surface area contributed by atoms with Crippen molar-refractivity contribution in [2.24, 2.45) is 39.9 Å². The van der Waals surface area contributed by atoms with E-state index in [1.54, 1.807) is 0 Å². The number of aliphatic hydroxyl groups is 4. The molecule has 3 saturated carbocycles. The molecular weight excluding hydrogens is 560 g/mol. The average Bonchev–Trinajstić information content (AvgIpc) is 3.33. The van der Waals surface area contributed by atoms with Gasteiger partial charge in [-0.2, -0.15) is 0 Å². The molecule has 1 heterocycles. The van der Waals surface area contributed by atoms with E-state index in [9.17, 15) is 25.2 Å². The van der Waals surface area contributed by atoms with E-state index in [2.05, 4.69) is 40.9 Å². The zero-order valence-corrected chi connectivity index (χ0v) is 28.1. The SMILES string of the molecule is C=C(C)/C=C/C[C@](C)(O)C1CC[C@]2(C)C1[C@H](O[C@@H]1OC[C@H](O)[C@H](O)[C@H]1O)CC1[C@@](C)(CCC(=O)OC)[C@H](C(=C)C)CC[C@]12C. The van der Waals surface area contributed by atoms with Crippen LogP contribution in [0.25, 0.3) is 0 Å². The van der Waals surface area contributed by atoms with E-state index in [4.69, 9.17) is 14.2 Å². The Morgan fingerprint density at radius 3 is 2.34 bits per heavy atom. The summed E-state index contributed by atoms with van der Waals surface area (Å²) in [5, 5.41) is 43.6. The van der Waals surface area contributed by atoms with Crippen LogP contribution in [0.4, 0.5) is 0 Å². The quantitative estimate of drug-likeness (QED) is 0.116. The van der Waals surface area contributed by atoms with Gasteiger partial charge in [-0.15, -0.1) is 0 Å². The van der Waals surface area contributed by atoms with Crippen LogP contribution in [0.2, 0.25) is 0 Å². The van der Waals surface area contributed by atoms with Crippen LogP contribution in [-0.2, 0) is 19.0 Å². The highest BCUT2D eigenvalue weighted by Crippen LogP contribution is 2.74. The second-order valence-corrected chi connectivity index (χ2v) is 15.5. The lowest BCUT2D eigenvalue weighted by atomic mass is 9.37. The molecule has 13 atom stereocenters. The van der Waals surface area contributed by atoms with Crippen molar-refractivity contribution in [3.63, 3.8) is 0 Å². The summed E-state index contributed by atoms with van der Waals surface area (Å²) in [5.41, 5.74) is 0.422. The number of aliphatic hydroxyl groups excluding tert-OH is 3. The van der Waals surface area contributed by atoms with Gasteiger partial charge in [0.05, 0.1) is 25.4 Å². The largest absolute Gasteiger partial charge is 0.469 e. The lowest BCUT2D eigenvalue weighted by Crippen LogP contribution is -2.65. The molecule has 0 amide bonds. The Morgan fingerprint density at radius 1 is 1.07 bits per heavy atom. The molecule has 4 fully saturated rings. The average molecular weight is 619 g/mol. The van der Waals surface area contributed by atoms with Crippen molar-refractivity contribution in [1.82, 2.24) is 0 Å². The van der Waals surface area contributed by atoms with E-state index in [-0.39, 0.29) is 52.5 Å².